The molecule has 0 saturated carbocycles. The van der Waals surface area contributed by atoms with Crippen molar-refractivity contribution in [2.75, 3.05) is 13.2 Å². The van der Waals surface area contributed by atoms with Gasteiger partial charge in [-0.15, -0.1) is 0 Å². The monoisotopic (exact) mass is 333 g/mol. The molecule has 0 unspecified atom stereocenters. The van der Waals surface area contributed by atoms with Gasteiger partial charge in [0.2, 0.25) is 0 Å². The summed E-state index contributed by atoms with van der Waals surface area (Å²) in [5.74, 6) is -1.53. The number of pyridine rings is 1. The summed E-state index contributed by atoms with van der Waals surface area (Å²) in [6.45, 7) is 2.10. The zero-order valence-electron chi connectivity index (χ0n) is 12.9. The van der Waals surface area contributed by atoms with Gasteiger partial charge in [0.05, 0.1) is 30.0 Å². The number of aromatic nitrogens is 3. The molecule has 2 aromatic heterocycles. The number of carbonyl (C=O) groups excluding carboxylic acids is 1. The number of carbonyl (C=O) groups is 1. The molecule has 2 rings (SSSR count). The smallest absolute Gasteiger partial charge is 0.283 e. The first-order valence-corrected chi connectivity index (χ1v) is 7.08. The van der Waals surface area contributed by atoms with Crippen LogP contribution < -0.4 is 16.6 Å². The summed E-state index contributed by atoms with van der Waals surface area (Å²) in [5.41, 5.74) is 5.81. The molecule has 0 aliphatic rings. The Balaban J connectivity index is 2.18. The Hall–Kier alpha value is -3.23. The summed E-state index contributed by atoms with van der Waals surface area (Å²) < 4.78 is 18.5. The van der Waals surface area contributed by atoms with Gasteiger partial charge < -0.3 is 20.8 Å². The highest BCUT2D eigenvalue weighted by atomic mass is 19.1. The van der Waals surface area contributed by atoms with Gasteiger partial charge in [0, 0.05) is 12.4 Å². The predicted octanol–water partition coefficient (Wildman–Crippen LogP) is 0.398. The van der Waals surface area contributed by atoms with E-state index in [9.17, 15) is 14.0 Å². The number of ether oxygens (including phenoxy) is 1. The number of halogens is 1. The summed E-state index contributed by atoms with van der Waals surface area (Å²) in [4.78, 5) is 25.2. The predicted molar refractivity (Wildman–Crippen MR) is 84.1 cm³/mol. The van der Waals surface area contributed by atoms with E-state index < -0.39 is 17.3 Å². The van der Waals surface area contributed by atoms with E-state index in [1.165, 1.54) is 6.20 Å². The quantitative estimate of drug-likeness (QED) is 0.658. The highest BCUT2D eigenvalue weighted by Crippen LogP contribution is 2.13. The van der Waals surface area contributed by atoms with Crippen molar-refractivity contribution >= 4 is 11.5 Å². The first kappa shape index (κ1) is 17.1. The maximum absolute atomic E-state index is 13.2. The molecule has 0 atom stereocenters. The second-order valence-electron chi connectivity index (χ2n) is 4.63. The lowest BCUT2D eigenvalue weighted by molar-refractivity contribution is 0.0957. The number of rotatable bonds is 6. The van der Waals surface area contributed by atoms with Crippen molar-refractivity contribution in [1.29, 1.82) is 0 Å². The Morgan fingerprint density at radius 2 is 2.29 bits per heavy atom. The topological polar surface area (TPSA) is 123 Å². The van der Waals surface area contributed by atoms with E-state index in [2.05, 4.69) is 20.5 Å². The molecule has 0 aliphatic heterocycles. The number of aromatic amines is 1. The van der Waals surface area contributed by atoms with Crippen LogP contribution in [-0.2, 0) is 4.74 Å². The standard InChI is InChI=1S/C15H16FN5O3/c1-2-24-13(17)10(12-4-3-5-20-21-12)8-19-14(22)9-6-11(16)15(23)18-7-9/h3-7H,2,8,17H2,1H3,(H,18,23)(H,19,22). The molecular formula is C15H16FN5O3. The van der Waals surface area contributed by atoms with Crippen LogP contribution in [0.1, 0.15) is 23.0 Å². The van der Waals surface area contributed by atoms with Crippen LogP contribution in [0.5, 0.6) is 0 Å². The van der Waals surface area contributed by atoms with Crippen molar-refractivity contribution in [3.63, 3.8) is 0 Å². The maximum atomic E-state index is 13.2. The molecule has 0 aromatic carbocycles. The Morgan fingerprint density at radius 1 is 1.50 bits per heavy atom. The molecule has 0 bridgehead atoms. The summed E-state index contributed by atoms with van der Waals surface area (Å²) in [5, 5.41) is 10.3. The van der Waals surface area contributed by atoms with Crippen LogP contribution in [0.4, 0.5) is 4.39 Å². The fourth-order valence-electron chi connectivity index (χ4n) is 1.87. The van der Waals surface area contributed by atoms with E-state index >= 15 is 0 Å². The molecule has 24 heavy (non-hydrogen) atoms. The number of nitrogens with two attached hydrogens (primary N) is 1. The van der Waals surface area contributed by atoms with Crippen molar-refractivity contribution in [3.05, 3.63) is 63.9 Å². The molecule has 4 N–H and O–H groups in total. The third-order valence-corrected chi connectivity index (χ3v) is 3.02. The van der Waals surface area contributed by atoms with Gasteiger partial charge >= 0.3 is 0 Å². The minimum atomic E-state index is -1.04. The molecule has 0 spiro atoms. The van der Waals surface area contributed by atoms with Crippen molar-refractivity contribution in [1.82, 2.24) is 20.5 Å². The van der Waals surface area contributed by atoms with Gasteiger partial charge in [0.1, 0.15) is 0 Å². The van der Waals surface area contributed by atoms with Crippen LogP contribution in [0.2, 0.25) is 0 Å². The summed E-state index contributed by atoms with van der Waals surface area (Å²) in [6, 6.07) is 4.19. The minimum Gasteiger partial charge on any atom is -0.479 e. The molecule has 0 fully saturated rings. The lowest BCUT2D eigenvalue weighted by Gasteiger charge is -2.12. The lowest BCUT2D eigenvalue weighted by Crippen LogP contribution is -2.28. The van der Waals surface area contributed by atoms with Crippen LogP contribution in [0, 0.1) is 5.82 Å². The van der Waals surface area contributed by atoms with Crippen molar-refractivity contribution < 1.29 is 13.9 Å². The molecule has 8 nitrogen and oxygen atoms in total. The maximum Gasteiger partial charge on any atom is 0.283 e. The Kier molecular flexibility index (Phi) is 5.61. The molecule has 126 valence electrons. The summed E-state index contributed by atoms with van der Waals surface area (Å²) in [6.07, 6.45) is 2.62. The van der Waals surface area contributed by atoms with E-state index in [1.54, 1.807) is 19.1 Å². The van der Waals surface area contributed by atoms with Crippen molar-refractivity contribution in [3.8, 4) is 0 Å². The fourth-order valence-corrected chi connectivity index (χ4v) is 1.87. The van der Waals surface area contributed by atoms with Crippen LogP contribution in [0.25, 0.3) is 5.57 Å². The van der Waals surface area contributed by atoms with E-state index in [0.717, 1.165) is 12.3 Å². The van der Waals surface area contributed by atoms with Gasteiger partial charge in [0.25, 0.3) is 11.5 Å². The first-order chi connectivity index (χ1) is 11.5. The third kappa shape index (κ3) is 4.15. The molecule has 9 heteroatoms. The molecule has 2 aromatic rings. The van der Waals surface area contributed by atoms with Gasteiger partial charge in [0.15, 0.2) is 11.7 Å². The largest absolute Gasteiger partial charge is 0.479 e. The zero-order valence-corrected chi connectivity index (χ0v) is 12.9. The minimum absolute atomic E-state index is 0.00982. The Labute approximate surface area is 136 Å². The van der Waals surface area contributed by atoms with E-state index in [-0.39, 0.29) is 18.0 Å². The molecule has 0 radical (unpaired) electrons. The molecular weight excluding hydrogens is 317 g/mol. The average Bonchev–Trinajstić information content (AvgIpc) is 2.58. The number of amides is 1. The number of nitrogens with zero attached hydrogens (tertiary/aromatic N) is 2. The highest BCUT2D eigenvalue weighted by Gasteiger charge is 2.14. The lowest BCUT2D eigenvalue weighted by atomic mass is 10.1. The van der Waals surface area contributed by atoms with Crippen LogP contribution in [0.3, 0.4) is 0 Å². The van der Waals surface area contributed by atoms with Gasteiger partial charge in [-0.2, -0.15) is 10.2 Å². The second-order valence-corrected chi connectivity index (χ2v) is 4.63. The number of hydrogen-bond donors (Lipinski definition) is 3. The van der Waals surface area contributed by atoms with Gasteiger partial charge in [-0.25, -0.2) is 4.39 Å². The van der Waals surface area contributed by atoms with Crippen molar-refractivity contribution in [2.24, 2.45) is 5.73 Å². The van der Waals surface area contributed by atoms with E-state index in [1.807, 2.05) is 0 Å². The van der Waals surface area contributed by atoms with Crippen LogP contribution >= 0.6 is 0 Å². The molecule has 1 amide bonds. The third-order valence-electron chi connectivity index (χ3n) is 3.02. The highest BCUT2D eigenvalue weighted by molar-refractivity contribution is 5.94. The zero-order chi connectivity index (χ0) is 17.5. The summed E-state index contributed by atoms with van der Waals surface area (Å²) >= 11 is 0. The van der Waals surface area contributed by atoms with Crippen molar-refractivity contribution in [2.45, 2.75) is 6.92 Å². The van der Waals surface area contributed by atoms with Gasteiger partial charge in [-0.1, -0.05) is 0 Å². The fraction of sp³-hybridized carbons (Fsp3) is 0.200. The molecule has 0 aliphatic carbocycles. The Bertz CT molecular complexity index is 804. The van der Waals surface area contributed by atoms with Gasteiger partial charge in [-0.3, -0.25) is 9.59 Å². The van der Waals surface area contributed by atoms with Gasteiger partial charge in [-0.05, 0) is 25.1 Å². The molecule has 0 saturated heterocycles. The Morgan fingerprint density at radius 3 is 2.92 bits per heavy atom. The summed E-state index contributed by atoms with van der Waals surface area (Å²) in [7, 11) is 0. The number of nitrogens with one attached hydrogen (secondary N) is 2. The van der Waals surface area contributed by atoms with Crippen LogP contribution in [0.15, 0.2) is 41.3 Å². The normalized spacial score (nSPS) is 11.6. The SMILES string of the molecule is CCOC(N)=C(CNC(=O)c1c[nH]c(=O)c(F)c1)c1cccnn1. The first-order valence-electron chi connectivity index (χ1n) is 7.08. The number of hydrogen-bond acceptors (Lipinski definition) is 6. The van der Waals surface area contributed by atoms with E-state index in [4.69, 9.17) is 10.5 Å². The van der Waals surface area contributed by atoms with Crippen LogP contribution in [-0.4, -0.2) is 34.2 Å². The van der Waals surface area contributed by atoms with E-state index in [0.29, 0.717) is 17.9 Å². The number of H-pyrrole nitrogens is 1. The second kappa shape index (κ2) is 7.86. The average molecular weight is 333 g/mol. The molecule has 2 heterocycles.